The van der Waals surface area contributed by atoms with Crippen LogP contribution >= 0.6 is 0 Å². The van der Waals surface area contributed by atoms with Gasteiger partial charge in [-0.25, -0.2) is 4.98 Å². The molecule has 0 bridgehead atoms. The Morgan fingerprint density at radius 3 is 2.92 bits per heavy atom. The monoisotopic (exact) mass is 331 g/mol. The Bertz CT molecular complexity index is 959. The van der Waals surface area contributed by atoms with Crippen molar-refractivity contribution in [3.05, 3.63) is 65.6 Å². The van der Waals surface area contributed by atoms with Crippen molar-refractivity contribution in [1.82, 2.24) is 9.38 Å². The molecule has 0 saturated heterocycles. The lowest BCUT2D eigenvalue weighted by molar-refractivity contribution is -0.122. The van der Waals surface area contributed by atoms with Crippen molar-refractivity contribution in [3.63, 3.8) is 0 Å². The Labute approximate surface area is 147 Å². The summed E-state index contributed by atoms with van der Waals surface area (Å²) in [5.74, 6) is 0.336. The third-order valence-electron chi connectivity index (χ3n) is 5.61. The lowest BCUT2D eigenvalue weighted by Gasteiger charge is -2.33. The van der Waals surface area contributed by atoms with E-state index >= 15 is 0 Å². The van der Waals surface area contributed by atoms with Gasteiger partial charge in [0.25, 0.3) is 0 Å². The number of para-hydroxylation sites is 1. The van der Waals surface area contributed by atoms with Gasteiger partial charge in [-0.1, -0.05) is 24.3 Å². The third-order valence-corrected chi connectivity index (χ3v) is 5.61. The molecule has 1 unspecified atom stereocenters. The van der Waals surface area contributed by atoms with E-state index in [-0.39, 0.29) is 11.8 Å². The lowest BCUT2D eigenvalue weighted by atomic mass is 9.87. The molecule has 0 saturated carbocycles. The van der Waals surface area contributed by atoms with Crippen LogP contribution in [0.5, 0.6) is 0 Å². The van der Waals surface area contributed by atoms with E-state index in [4.69, 9.17) is 4.98 Å². The molecule has 1 aromatic carbocycles. The molecule has 1 atom stereocenters. The molecule has 2 aliphatic rings. The maximum atomic E-state index is 13.3. The number of carbonyl (C=O) groups is 1. The first kappa shape index (κ1) is 14.7. The number of anilines is 1. The van der Waals surface area contributed by atoms with Gasteiger partial charge >= 0.3 is 0 Å². The molecular formula is C21H21N3O. The van der Waals surface area contributed by atoms with Gasteiger partial charge in [0.15, 0.2) is 0 Å². The van der Waals surface area contributed by atoms with Gasteiger partial charge in [-0.2, -0.15) is 0 Å². The molecule has 4 nitrogen and oxygen atoms in total. The Balaban J connectivity index is 1.46. The largest absolute Gasteiger partial charge is 0.312 e. The number of aryl methyl sites for hydroxylation is 2. The molecule has 3 aromatic rings. The van der Waals surface area contributed by atoms with Crippen LogP contribution in [0.3, 0.4) is 0 Å². The number of nitrogens with zero attached hydrogens (tertiary/aromatic N) is 3. The molecule has 4 heteroatoms. The number of imidazole rings is 1. The highest BCUT2D eigenvalue weighted by molar-refractivity contribution is 5.96. The highest BCUT2D eigenvalue weighted by Crippen LogP contribution is 2.32. The molecule has 0 spiro atoms. The normalized spacial score (nSPS) is 19.5. The van der Waals surface area contributed by atoms with E-state index in [2.05, 4.69) is 28.8 Å². The van der Waals surface area contributed by atoms with Gasteiger partial charge < -0.3 is 9.30 Å². The molecule has 0 N–H and O–H groups in total. The first-order valence-electron chi connectivity index (χ1n) is 9.15. The smallest absolute Gasteiger partial charge is 0.230 e. The predicted molar refractivity (Wildman–Crippen MR) is 97.8 cm³/mol. The fourth-order valence-corrected chi connectivity index (χ4v) is 4.35. The first-order chi connectivity index (χ1) is 12.3. The van der Waals surface area contributed by atoms with Crippen molar-refractivity contribution in [1.29, 1.82) is 0 Å². The topological polar surface area (TPSA) is 37.6 Å². The third kappa shape index (κ3) is 2.36. The van der Waals surface area contributed by atoms with Crippen molar-refractivity contribution in [2.45, 2.75) is 32.1 Å². The van der Waals surface area contributed by atoms with E-state index in [1.807, 2.05) is 29.2 Å². The van der Waals surface area contributed by atoms with Crippen molar-refractivity contribution in [2.75, 3.05) is 11.4 Å². The highest BCUT2D eigenvalue weighted by Gasteiger charge is 2.32. The van der Waals surface area contributed by atoms with E-state index in [9.17, 15) is 4.79 Å². The van der Waals surface area contributed by atoms with Crippen LogP contribution in [0.4, 0.5) is 5.69 Å². The number of fused-ring (bicyclic) bond motifs is 4. The summed E-state index contributed by atoms with van der Waals surface area (Å²) in [5, 5.41) is 0. The molecule has 5 rings (SSSR count). The van der Waals surface area contributed by atoms with Crippen LogP contribution < -0.4 is 4.90 Å². The van der Waals surface area contributed by atoms with Crippen LogP contribution in [0.25, 0.3) is 5.65 Å². The zero-order valence-corrected chi connectivity index (χ0v) is 14.2. The molecule has 1 aliphatic heterocycles. The second-order valence-corrected chi connectivity index (χ2v) is 7.10. The Morgan fingerprint density at radius 2 is 1.96 bits per heavy atom. The van der Waals surface area contributed by atoms with Crippen molar-refractivity contribution < 1.29 is 4.79 Å². The molecule has 1 aliphatic carbocycles. The van der Waals surface area contributed by atoms with E-state index in [0.717, 1.165) is 55.7 Å². The summed E-state index contributed by atoms with van der Waals surface area (Å²) in [5.41, 5.74) is 5.78. The minimum atomic E-state index is 0.0544. The zero-order chi connectivity index (χ0) is 16.8. The summed E-state index contributed by atoms with van der Waals surface area (Å²) in [6, 6.07) is 14.4. The van der Waals surface area contributed by atoms with E-state index in [1.54, 1.807) is 0 Å². The van der Waals surface area contributed by atoms with Gasteiger partial charge in [0.05, 0.1) is 5.69 Å². The average Bonchev–Trinajstić information content (AvgIpc) is 3.05. The summed E-state index contributed by atoms with van der Waals surface area (Å²) >= 11 is 0. The first-order valence-corrected chi connectivity index (χ1v) is 9.15. The molecule has 25 heavy (non-hydrogen) atoms. The molecule has 0 fully saturated rings. The summed E-state index contributed by atoms with van der Waals surface area (Å²) in [6.07, 6.45) is 6.76. The van der Waals surface area contributed by atoms with Crippen LogP contribution in [0.1, 0.15) is 29.8 Å². The SMILES string of the molecule is O=C(C1CCc2nc3ccccn3c2C1)N1CCCc2ccccc21. The quantitative estimate of drug-likeness (QED) is 0.685. The number of carbonyl (C=O) groups excluding carboxylic acids is 1. The van der Waals surface area contributed by atoms with Crippen LogP contribution in [-0.2, 0) is 24.1 Å². The second-order valence-electron chi connectivity index (χ2n) is 7.10. The van der Waals surface area contributed by atoms with Crippen LogP contribution in [-0.4, -0.2) is 21.8 Å². The summed E-state index contributed by atoms with van der Waals surface area (Å²) in [6.45, 7) is 0.840. The number of amides is 1. The van der Waals surface area contributed by atoms with Crippen molar-refractivity contribution in [2.24, 2.45) is 5.92 Å². The standard InChI is InChI=1S/C21H21N3O/c25-21(24-13-5-7-15-6-1-2-8-18(15)24)16-10-11-17-19(14-16)23-12-4-3-9-20(23)22-17/h1-4,6,8-9,12,16H,5,7,10-11,13-14H2. The molecule has 3 heterocycles. The molecule has 2 aromatic heterocycles. The van der Waals surface area contributed by atoms with Gasteiger partial charge in [-0.05, 0) is 49.4 Å². The summed E-state index contributed by atoms with van der Waals surface area (Å²) in [4.78, 5) is 20.0. The fourth-order valence-electron chi connectivity index (χ4n) is 4.35. The predicted octanol–water partition coefficient (Wildman–Crippen LogP) is 3.42. The number of rotatable bonds is 1. The Kier molecular flexibility index (Phi) is 3.37. The summed E-state index contributed by atoms with van der Waals surface area (Å²) in [7, 11) is 0. The number of pyridine rings is 1. The van der Waals surface area contributed by atoms with Crippen LogP contribution in [0.15, 0.2) is 48.7 Å². The highest BCUT2D eigenvalue weighted by atomic mass is 16.2. The minimum Gasteiger partial charge on any atom is -0.312 e. The number of hydrogen-bond donors (Lipinski definition) is 0. The number of aromatic nitrogens is 2. The van der Waals surface area contributed by atoms with Crippen molar-refractivity contribution in [3.8, 4) is 0 Å². The Morgan fingerprint density at radius 1 is 1.08 bits per heavy atom. The van der Waals surface area contributed by atoms with Crippen molar-refractivity contribution >= 4 is 17.2 Å². The van der Waals surface area contributed by atoms with E-state index in [1.165, 1.54) is 11.3 Å². The van der Waals surface area contributed by atoms with Gasteiger partial charge in [0, 0.05) is 36.5 Å². The van der Waals surface area contributed by atoms with Gasteiger partial charge in [-0.15, -0.1) is 0 Å². The molecule has 0 radical (unpaired) electrons. The fraction of sp³-hybridized carbons (Fsp3) is 0.333. The maximum absolute atomic E-state index is 13.3. The lowest BCUT2D eigenvalue weighted by Crippen LogP contribution is -2.41. The number of hydrogen-bond acceptors (Lipinski definition) is 2. The number of benzene rings is 1. The van der Waals surface area contributed by atoms with Gasteiger partial charge in [0.2, 0.25) is 5.91 Å². The maximum Gasteiger partial charge on any atom is 0.230 e. The van der Waals surface area contributed by atoms with Crippen LogP contribution in [0.2, 0.25) is 0 Å². The average molecular weight is 331 g/mol. The van der Waals surface area contributed by atoms with Gasteiger partial charge in [0.1, 0.15) is 5.65 Å². The second kappa shape index (κ2) is 5.73. The molecular weight excluding hydrogens is 310 g/mol. The Hall–Kier alpha value is -2.62. The van der Waals surface area contributed by atoms with Gasteiger partial charge in [-0.3, -0.25) is 4.79 Å². The van der Waals surface area contributed by atoms with E-state index in [0.29, 0.717) is 0 Å². The van der Waals surface area contributed by atoms with Crippen LogP contribution in [0, 0.1) is 5.92 Å². The molecule has 126 valence electrons. The van der Waals surface area contributed by atoms with E-state index < -0.39 is 0 Å². The minimum absolute atomic E-state index is 0.0544. The molecule has 1 amide bonds. The zero-order valence-electron chi connectivity index (χ0n) is 14.2. The summed E-state index contributed by atoms with van der Waals surface area (Å²) < 4.78 is 2.15.